The number of hydrogen-bond acceptors (Lipinski definition) is 5. The Morgan fingerprint density at radius 2 is 1.80 bits per heavy atom. The van der Waals surface area contributed by atoms with Gasteiger partial charge in [-0.2, -0.15) is 0 Å². The molecule has 0 aliphatic rings. The third-order valence-corrected chi connectivity index (χ3v) is 3.30. The molecule has 0 bridgehead atoms. The monoisotopic (exact) mass is 283 g/mol. The zero-order chi connectivity index (χ0) is 15.1. The van der Waals surface area contributed by atoms with E-state index in [1.807, 2.05) is 19.9 Å². The Bertz CT molecular complexity index is 409. The van der Waals surface area contributed by atoms with Crippen LogP contribution < -0.4 is 14.8 Å². The first-order chi connectivity index (χ1) is 9.54. The van der Waals surface area contributed by atoms with Crippen LogP contribution in [0.5, 0.6) is 11.5 Å². The molecule has 0 saturated heterocycles. The number of aliphatic hydroxyl groups is 2. The molecule has 1 aromatic rings. The fourth-order valence-electron chi connectivity index (χ4n) is 2.19. The van der Waals surface area contributed by atoms with Crippen molar-refractivity contribution in [3.05, 3.63) is 23.8 Å². The standard InChI is InChI=1S/C15H25NO4/c1-10(2)14(16-7-8-17)15(18)11-5-6-12(19-3)13(9-11)20-4/h5-6,9-10,14-18H,7-8H2,1-4H3. The van der Waals surface area contributed by atoms with Gasteiger partial charge in [0.1, 0.15) is 0 Å². The molecular formula is C15H25NO4. The number of ether oxygens (including phenoxy) is 2. The molecule has 5 nitrogen and oxygen atoms in total. The molecule has 5 heteroatoms. The molecule has 20 heavy (non-hydrogen) atoms. The van der Waals surface area contributed by atoms with Crippen molar-refractivity contribution < 1.29 is 19.7 Å². The molecule has 0 heterocycles. The van der Waals surface area contributed by atoms with Crippen molar-refractivity contribution in [2.45, 2.75) is 26.0 Å². The van der Waals surface area contributed by atoms with Crippen LogP contribution in [0.25, 0.3) is 0 Å². The van der Waals surface area contributed by atoms with Crippen LogP contribution in [0, 0.1) is 5.92 Å². The zero-order valence-corrected chi connectivity index (χ0v) is 12.6. The third kappa shape index (κ3) is 4.10. The Hall–Kier alpha value is -1.30. The lowest BCUT2D eigenvalue weighted by Gasteiger charge is -2.28. The van der Waals surface area contributed by atoms with Crippen molar-refractivity contribution in [1.29, 1.82) is 0 Å². The summed E-state index contributed by atoms with van der Waals surface area (Å²) in [4.78, 5) is 0. The first-order valence-corrected chi connectivity index (χ1v) is 6.79. The van der Waals surface area contributed by atoms with Crippen molar-refractivity contribution in [3.8, 4) is 11.5 Å². The lowest BCUT2D eigenvalue weighted by molar-refractivity contribution is 0.101. The SMILES string of the molecule is COc1ccc(C(O)C(NCCO)C(C)C)cc1OC. The quantitative estimate of drug-likeness (QED) is 0.671. The molecule has 0 aliphatic carbocycles. The van der Waals surface area contributed by atoms with Crippen molar-refractivity contribution in [3.63, 3.8) is 0 Å². The maximum Gasteiger partial charge on any atom is 0.161 e. The van der Waals surface area contributed by atoms with Crippen LogP contribution in [0.4, 0.5) is 0 Å². The predicted molar refractivity (Wildman–Crippen MR) is 78.2 cm³/mol. The molecule has 114 valence electrons. The van der Waals surface area contributed by atoms with Gasteiger partial charge in [0.25, 0.3) is 0 Å². The summed E-state index contributed by atoms with van der Waals surface area (Å²) < 4.78 is 10.4. The summed E-state index contributed by atoms with van der Waals surface area (Å²) in [6.45, 7) is 4.55. The number of nitrogens with one attached hydrogen (secondary N) is 1. The fraction of sp³-hybridized carbons (Fsp3) is 0.600. The second kappa shape index (κ2) is 8.09. The molecule has 1 aromatic carbocycles. The van der Waals surface area contributed by atoms with Crippen LogP contribution in [0.15, 0.2) is 18.2 Å². The van der Waals surface area contributed by atoms with Crippen molar-refractivity contribution in [2.75, 3.05) is 27.4 Å². The molecule has 0 fully saturated rings. The van der Waals surface area contributed by atoms with Gasteiger partial charge in [-0.05, 0) is 23.6 Å². The van der Waals surface area contributed by atoms with Crippen molar-refractivity contribution in [2.24, 2.45) is 5.92 Å². The van der Waals surface area contributed by atoms with Gasteiger partial charge in [0.15, 0.2) is 11.5 Å². The molecule has 1 rings (SSSR count). The minimum absolute atomic E-state index is 0.0435. The van der Waals surface area contributed by atoms with Gasteiger partial charge >= 0.3 is 0 Å². The normalized spacial score (nSPS) is 14.2. The topological polar surface area (TPSA) is 71.0 Å². The number of aliphatic hydroxyl groups excluding tert-OH is 2. The largest absolute Gasteiger partial charge is 0.493 e. The number of methoxy groups -OCH3 is 2. The lowest BCUT2D eigenvalue weighted by atomic mass is 9.93. The summed E-state index contributed by atoms with van der Waals surface area (Å²) in [5, 5.41) is 22.6. The van der Waals surface area contributed by atoms with Gasteiger partial charge in [0, 0.05) is 12.6 Å². The molecular weight excluding hydrogens is 258 g/mol. The maximum atomic E-state index is 10.5. The highest BCUT2D eigenvalue weighted by Gasteiger charge is 2.24. The molecule has 0 radical (unpaired) electrons. The van der Waals surface area contributed by atoms with Gasteiger partial charge in [-0.25, -0.2) is 0 Å². The van der Waals surface area contributed by atoms with E-state index in [9.17, 15) is 5.11 Å². The molecule has 0 saturated carbocycles. The van der Waals surface area contributed by atoms with Crippen molar-refractivity contribution >= 4 is 0 Å². The van der Waals surface area contributed by atoms with Gasteiger partial charge in [-0.1, -0.05) is 19.9 Å². The van der Waals surface area contributed by atoms with E-state index in [2.05, 4.69) is 5.32 Å². The number of rotatable bonds is 8. The minimum Gasteiger partial charge on any atom is -0.493 e. The van der Waals surface area contributed by atoms with Crippen LogP contribution in [0.2, 0.25) is 0 Å². The lowest BCUT2D eigenvalue weighted by Crippen LogP contribution is -2.40. The molecule has 2 unspecified atom stereocenters. The molecule has 2 atom stereocenters. The first kappa shape index (κ1) is 16.8. The van der Waals surface area contributed by atoms with Gasteiger partial charge in [0.2, 0.25) is 0 Å². The van der Waals surface area contributed by atoms with E-state index in [0.717, 1.165) is 5.56 Å². The van der Waals surface area contributed by atoms with E-state index in [0.29, 0.717) is 18.0 Å². The van der Waals surface area contributed by atoms with E-state index in [1.54, 1.807) is 26.4 Å². The van der Waals surface area contributed by atoms with E-state index < -0.39 is 6.10 Å². The fourth-order valence-corrected chi connectivity index (χ4v) is 2.19. The smallest absolute Gasteiger partial charge is 0.161 e. The third-order valence-electron chi connectivity index (χ3n) is 3.30. The molecule has 0 aromatic heterocycles. The Labute approximate surface area is 120 Å². The molecule has 0 amide bonds. The average Bonchev–Trinajstić information content (AvgIpc) is 2.46. The highest BCUT2D eigenvalue weighted by atomic mass is 16.5. The first-order valence-electron chi connectivity index (χ1n) is 6.79. The summed E-state index contributed by atoms with van der Waals surface area (Å²) >= 11 is 0. The molecule has 0 spiro atoms. The summed E-state index contributed by atoms with van der Waals surface area (Å²) in [7, 11) is 3.14. The van der Waals surface area contributed by atoms with E-state index in [-0.39, 0.29) is 18.6 Å². The Morgan fingerprint density at radius 1 is 1.15 bits per heavy atom. The number of benzene rings is 1. The van der Waals surface area contributed by atoms with Gasteiger partial charge in [0.05, 0.1) is 26.9 Å². The van der Waals surface area contributed by atoms with Crippen LogP contribution in [-0.2, 0) is 0 Å². The van der Waals surface area contributed by atoms with Crippen LogP contribution in [0.1, 0.15) is 25.5 Å². The zero-order valence-electron chi connectivity index (χ0n) is 12.6. The predicted octanol–water partition coefficient (Wildman–Crippen LogP) is 1.34. The summed E-state index contributed by atoms with van der Waals surface area (Å²) in [5.41, 5.74) is 0.756. The minimum atomic E-state index is -0.679. The van der Waals surface area contributed by atoms with E-state index >= 15 is 0 Å². The van der Waals surface area contributed by atoms with Gasteiger partial charge < -0.3 is 25.0 Å². The number of hydrogen-bond donors (Lipinski definition) is 3. The maximum absolute atomic E-state index is 10.5. The van der Waals surface area contributed by atoms with E-state index in [4.69, 9.17) is 14.6 Å². The van der Waals surface area contributed by atoms with Gasteiger partial charge in [-0.3, -0.25) is 0 Å². The Balaban J connectivity index is 2.96. The Kier molecular flexibility index (Phi) is 6.78. The average molecular weight is 283 g/mol. The summed E-state index contributed by atoms with van der Waals surface area (Å²) in [5.74, 6) is 1.45. The van der Waals surface area contributed by atoms with Crippen LogP contribution >= 0.6 is 0 Å². The van der Waals surface area contributed by atoms with Crippen LogP contribution in [0.3, 0.4) is 0 Å². The summed E-state index contributed by atoms with van der Waals surface area (Å²) in [6.07, 6.45) is -0.679. The summed E-state index contributed by atoms with van der Waals surface area (Å²) in [6, 6.07) is 5.24. The highest BCUT2D eigenvalue weighted by Crippen LogP contribution is 2.32. The van der Waals surface area contributed by atoms with Gasteiger partial charge in [-0.15, -0.1) is 0 Å². The second-order valence-electron chi connectivity index (χ2n) is 5.01. The second-order valence-corrected chi connectivity index (χ2v) is 5.01. The molecule has 0 aliphatic heterocycles. The van der Waals surface area contributed by atoms with Crippen LogP contribution in [-0.4, -0.2) is 43.6 Å². The van der Waals surface area contributed by atoms with Crippen molar-refractivity contribution in [1.82, 2.24) is 5.32 Å². The highest BCUT2D eigenvalue weighted by molar-refractivity contribution is 5.43. The Morgan fingerprint density at radius 3 is 2.30 bits per heavy atom. The molecule has 3 N–H and O–H groups in total. The van der Waals surface area contributed by atoms with E-state index in [1.165, 1.54) is 0 Å².